The maximum Gasteiger partial charge on any atom is 0.343 e. The summed E-state index contributed by atoms with van der Waals surface area (Å²) >= 11 is 3.59. The third-order valence-electron chi connectivity index (χ3n) is 8.20. The number of hydrogen-bond acceptors (Lipinski definition) is 6. The fraction of sp³-hybridized carbons (Fsp3) is 0.405. The van der Waals surface area contributed by atoms with Gasteiger partial charge in [0.2, 0.25) is 0 Å². The molecule has 0 N–H and O–H groups in total. The van der Waals surface area contributed by atoms with Crippen molar-refractivity contribution in [2.75, 3.05) is 6.61 Å². The van der Waals surface area contributed by atoms with Crippen molar-refractivity contribution in [3.8, 4) is 5.75 Å². The Kier molecular flexibility index (Phi) is 10.9. The van der Waals surface area contributed by atoms with Gasteiger partial charge >= 0.3 is 11.9 Å². The molecule has 226 valence electrons. The summed E-state index contributed by atoms with van der Waals surface area (Å²) in [5.74, 6) is -0.0687. The van der Waals surface area contributed by atoms with Crippen LogP contribution in [0.2, 0.25) is 0 Å². The molecule has 0 saturated heterocycles. The van der Waals surface area contributed by atoms with Crippen molar-refractivity contribution in [2.45, 2.75) is 85.0 Å². The fourth-order valence-corrected chi connectivity index (χ4v) is 8.05. The summed E-state index contributed by atoms with van der Waals surface area (Å²) in [4.78, 5) is 25.2. The summed E-state index contributed by atoms with van der Waals surface area (Å²) < 4.78 is 16.0. The molecule has 0 fully saturated rings. The van der Waals surface area contributed by atoms with Gasteiger partial charge in [-0.3, -0.25) is 0 Å². The van der Waals surface area contributed by atoms with Crippen LogP contribution in [0.3, 0.4) is 0 Å². The first-order valence-electron chi connectivity index (χ1n) is 15.8. The maximum absolute atomic E-state index is 13.0. The van der Waals surface area contributed by atoms with Crippen LogP contribution in [-0.4, -0.2) is 18.5 Å². The van der Waals surface area contributed by atoms with E-state index in [9.17, 15) is 9.59 Å². The second kappa shape index (κ2) is 15.0. The molecule has 4 nitrogen and oxygen atoms in total. The lowest BCUT2D eigenvalue weighted by atomic mass is 10.0. The van der Waals surface area contributed by atoms with E-state index in [0.29, 0.717) is 29.4 Å². The molecule has 2 heterocycles. The molecule has 0 amide bonds. The van der Waals surface area contributed by atoms with Crippen molar-refractivity contribution in [3.63, 3.8) is 0 Å². The van der Waals surface area contributed by atoms with Crippen LogP contribution in [0, 0.1) is 5.92 Å². The summed E-state index contributed by atoms with van der Waals surface area (Å²) in [6.07, 6.45) is 12.9. The van der Waals surface area contributed by atoms with Gasteiger partial charge in [-0.05, 0) is 66.8 Å². The second-order valence-corrected chi connectivity index (χ2v) is 13.8. The minimum atomic E-state index is -0.416. The van der Waals surface area contributed by atoms with E-state index in [0.717, 1.165) is 17.5 Å². The smallest absolute Gasteiger partial charge is 0.343 e. The van der Waals surface area contributed by atoms with Crippen molar-refractivity contribution < 1.29 is 19.1 Å². The fourth-order valence-electron chi connectivity index (χ4n) is 5.29. The summed E-state index contributed by atoms with van der Waals surface area (Å²) in [6.45, 7) is 6.77. The number of carbonyl (C=O) groups is 2. The molecule has 3 aromatic carbocycles. The minimum Gasteiger partial charge on any atom is -0.462 e. The molecule has 1 atom stereocenters. The Morgan fingerprint density at radius 3 is 1.98 bits per heavy atom. The molecule has 5 rings (SSSR count). The Morgan fingerprint density at radius 1 is 0.698 bits per heavy atom. The first kappa shape index (κ1) is 31.2. The molecule has 0 bridgehead atoms. The number of esters is 2. The van der Waals surface area contributed by atoms with Gasteiger partial charge in [-0.2, -0.15) is 0 Å². The Balaban J connectivity index is 1.20. The number of fused-ring (bicyclic) bond motifs is 5. The Labute approximate surface area is 263 Å². The number of unbranched alkanes of at least 4 members (excludes halogenated alkanes) is 7. The average molecular weight is 615 g/mol. The van der Waals surface area contributed by atoms with Crippen LogP contribution < -0.4 is 4.74 Å². The van der Waals surface area contributed by atoms with Crippen molar-refractivity contribution in [1.29, 1.82) is 0 Å². The molecular weight excluding hydrogens is 573 g/mol. The third-order valence-corrected chi connectivity index (χ3v) is 10.7. The van der Waals surface area contributed by atoms with Gasteiger partial charge in [0.25, 0.3) is 0 Å². The number of aryl methyl sites for hydroxylation is 1. The van der Waals surface area contributed by atoms with E-state index >= 15 is 0 Å². The SMILES string of the molecule is CCCCCCCCCCc1ccc2c(c1)sc1c3ccc(C(=O)Oc4ccc(C(=O)OC[C@@H](C)CC)cc4)cc3sc21. The minimum absolute atomic E-state index is 0.321. The molecule has 2 aromatic heterocycles. The number of rotatable bonds is 15. The number of thiophene rings is 2. The lowest BCUT2D eigenvalue weighted by molar-refractivity contribution is 0.0447. The lowest BCUT2D eigenvalue weighted by Gasteiger charge is -2.10. The van der Waals surface area contributed by atoms with Gasteiger partial charge < -0.3 is 9.47 Å². The normalized spacial score (nSPS) is 12.3. The topological polar surface area (TPSA) is 52.6 Å². The van der Waals surface area contributed by atoms with Gasteiger partial charge in [-0.15, -0.1) is 22.7 Å². The zero-order valence-electron chi connectivity index (χ0n) is 25.6. The van der Waals surface area contributed by atoms with Crippen molar-refractivity contribution in [2.24, 2.45) is 5.92 Å². The number of hydrogen-bond donors (Lipinski definition) is 0. The molecule has 0 aliphatic rings. The van der Waals surface area contributed by atoms with E-state index in [1.165, 1.54) is 81.8 Å². The van der Waals surface area contributed by atoms with Crippen molar-refractivity contribution in [3.05, 3.63) is 77.4 Å². The highest BCUT2D eigenvalue weighted by Crippen LogP contribution is 2.44. The Morgan fingerprint density at radius 2 is 1.30 bits per heavy atom. The largest absolute Gasteiger partial charge is 0.462 e. The summed E-state index contributed by atoms with van der Waals surface area (Å²) in [5.41, 5.74) is 2.38. The molecule has 0 unspecified atom stereocenters. The molecule has 0 radical (unpaired) electrons. The molecule has 43 heavy (non-hydrogen) atoms. The van der Waals surface area contributed by atoms with E-state index < -0.39 is 5.97 Å². The van der Waals surface area contributed by atoms with Crippen molar-refractivity contribution in [1.82, 2.24) is 0 Å². The summed E-state index contributed by atoms with van der Waals surface area (Å²) in [5, 5.41) is 2.48. The molecule has 0 aliphatic carbocycles. The zero-order valence-corrected chi connectivity index (χ0v) is 27.2. The first-order valence-corrected chi connectivity index (χ1v) is 17.5. The van der Waals surface area contributed by atoms with Crippen LogP contribution in [0.25, 0.3) is 29.6 Å². The van der Waals surface area contributed by atoms with Crippen LogP contribution in [0.15, 0.2) is 60.7 Å². The van der Waals surface area contributed by atoms with E-state index in [-0.39, 0.29) is 5.97 Å². The highest BCUT2D eigenvalue weighted by Gasteiger charge is 2.16. The number of carbonyl (C=O) groups excluding carboxylic acids is 2. The van der Waals surface area contributed by atoms with Crippen LogP contribution in [0.1, 0.15) is 105 Å². The average Bonchev–Trinajstić information content (AvgIpc) is 3.56. The molecule has 5 aromatic rings. The van der Waals surface area contributed by atoms with Gasteiger partial charge in [-0.1, -0.05) is 90.3 Å². The Hall–Kier alpha value is -3.22. The molecule has 0 aliphatic heterocycles. The van der Waals surface area contributed by atoms with Crippen LogP contribution in [0.5, 0.6) is 5.75 Å². The van der Waals surface area contributed by atoms with Crippen LogP contribution in [-0.2, 0) is 11.2 Å². The van der Waals surface area contributed by atoms with Crippen LogP contribution in [0.4, 0.5) is 0 Å². The number of ether oxygens (including phenoxy) is 2. The monoisotopic (exact) mass is 614 g/mol. The molecular formula is C37H42O4S2. The quantitative estimate of drug-likeness (QED) is 0.0669. The highest BCUT2D eigenvalue weighted by atomic mass is 32.1. The molecule has 0 saturated carbocycles. The van der Waals surface area contributed by atoms with E-state index in [2.05, 4.69) is 32.0 Å². The summed E-state index contributed by atoms with van der Waals surface area (Å²) in [6, 6.07) is 19.3. The predicted molar refractivity (Wildman–Crippen MR) is 182 cm³/mol. The lowest BCUT2D eigenvalue weighted by Crippen LogP contribution is -2.12. The second-order valence-electron chi connectivity index (χ2n) is 11.7. The van der Waals surface area contributed by atoms with Crippen LogP contribution >= 0.6 is 22.7 Å². The zero-order chi connectivity index (χ0) is 30.2. The van der Waals surface area contributed by atoms with E-state index in [1.807, 2.05) is 36.5 Å². The molecule has 0 spiro atoms. The van der Waals surface area contributed by atoms with Gasteiger partial charge in [-0.25, -0.2) is 9.59 Å². The van der Waals surface area contributed by atoms with Crippen molar-refractivity contribution >= 4 is 64.2 Å². The van der Waals surface area contributed by atoms with E-state index in [4.69, 9.17) is 9.47 Å². The third kappa shape index (κ3) is 7.84. The predicted octanol–water partition coefficient (Wildman–Crippen LogP) is 11.4. The summed E-state index contributed by atoms with van der Waals surface area (Å²) in [7, 11) is 0. The first-order chi connectivity index (χ1) is 21.0. The van der Waals surface area contributed by atoms with Gasteiger partial charge in [0.15, 0.2) is 0 Å². The Bertz CT molecular complexity index is 1680. The standard InChI is InChI=1S/C37H42O4S2/c1-4-6-7-8-9-10-11-12-13-26-14-20-30-32(22-26)42-35-31-21-17-28(23-33(31)43-34(30)35)37(39)41-29-18-15-27(16-19-29)36(38)40-24-25(3)5-2/h14-23,25H,4-13,24H2,1-3H3/t25-/m0/s1. The maximum atomic E-state index is 13.0. The number of benzene rings is 3. The van der Waals surface area contributed by atoms with Gasteiger partial charge in [0.1, 0.15) is 5.75 Å². The molecule has 6 heteroatoms. The van der Waals surface area contributed by atoms with Gasteiger partial charge in [0, 0.05) is 20.2 Å². The van der Waals surface area contributed by atoms with E-state index in [1.54, 1.807) is 35.6 Å². The highest BCUT2D eigenvalue weighted by molar-refractivity contribution is 7.36. The van der Waals surface area contributed by atoms with Gasteiger partial charge in [0.05, 0.1) is 27.1 Å².